The molecule has 4 aromatic rings. The first-order valence-electron chi connectivity index (χ1n) is 8.87. The van der Waals surface area contributed by atoms with Gasteiger partial charge in [-0.1, -0.05) is 30.3 Å². The van der Waals surface area contributed by atoms with Crippen molar-refractivity contribution in [2.75, 3.05) is 0 Å². The summed E-state index contributed by atoms with van der Waals surface area (Å²) in [4.78, 5) is 37.4. The molecular formula is C22H12F3NO4S. The quantitative estimate of drug-likeness (QED) is 0.451. The number of carbonyl (C=O) groups excluding carboxylic acids is 1. The summed E-state index contributed by atoms with van der Waals surface area (Å²) in [5.74, 6) is -2.28. The van der Waals surface area contributed by atoms with Gasteiger partial charge in [0.1, 0.15) is 9.71 Å². The van der Waals surface area contributed by atoms with E-state index < -0.39 is 29.1 Å². The number of carbonyl (C=O) groups is 2. The van der Waals surface area contributed by atoms with Crippen LogP contribution in [-0.2, 0) is 6.18 Å². The number of carboxylic acids is 1. The average Bonchev–Trinajstić information content (AvgIpc) is 3.13. The second-order valence-electron chi connectivity index (χ2n) is 6.58. The van der Waals surface area contributed by atoms with Gasteiger partial charge in [-0.25, -0.2) is 4.79 Å². The molecule has 0 aliphatic rings. The number of aromatic carboxylic acids is 1. The van der Waals surface area contributed by atoms with E-state index in [4.69, 9.17) is 0 Å². The molecule has 0 amide bonds. The zero-order valence-corrected chi connectivity index (χ0v) is 16.3. The number of hydrogen-bond donors (Lipinski definition) is 1. The Morgan fingerprint density at radius 1 is 0.935 bits per heavy atom. The standard InChI is InChI=1S/C22H12F3NO4S/c23-22(24,25)13-6-4-5-12(11-13)18(28)17-15-9-10-16(27)26(14-7-2-1-3-8-14)20(15)31-19(17)21(29)30/h1-11H,(H,29,30). The van der Waals surface area contributed by atoms with Crippen LogP contribution in [0.4, 0.5) is 13.2 Å². The first-order chi connectivity index (χ1) is 14.7. The lowest BCUT2D eigenvalue weighted by atomic mass is 9.99. The summed E-state index contributed by atoms with van der Waals surface area (Å²) in [5.41, 5.74) is -1.54. The van der Waals surface area contributed by atoms with Crippen LogP contribution in [0.2, 0.25) is 0 Å². The normalized spacial score (nSPS) is 11.6. The van der Waals surface area contributed by atoms with Gasteiger partial charge in [0, 0.05) is 17.0 Å². The molecule has 1 N–H and O–H groups in total. The molecule has 156 valence electrons. The Morgan fingerprint density at radius 2 is 1.65 bits per heavy atom. The second-order valence-corrected chi connectivity index (χ2v) is 7.58. The number of para-hydroxylation sites is 1. The van der Waals surface area contributed by atoms with E-state index >= 15 is 0 Å². The summed E-state index contributed by atoms with van der Waals surface area (Å²) in [6.45, 7) is 0. The van der Waals surface area contributed by atoms with Gasteiger partial charge in [0.15, 0.2) is 5.78 Å². The largest absolute Gasteiger partial charge is 0.477 e. The van der Waals surface area contributed by atoms with Crippen molar-refractivity contribution in [1.29, 1.82) is 0 Å². The maximum Gasteiger partial charge on any atom is 0.416 e. The zero-order valence-electron chi connectivity index (χ0n) is 15.5. The number of pyridine rings is 1. The summed E-state index contributed by atoms with van der Waals surface area (Å²) < 4.78 is 40.5. The lowest BCUT2D eigenvalue weighted by Crippen LogP contribution is -2.16. The number of thiophene rings is 1. The molecule has 2 heterocycles. The highest BCUT2D eigenvalue weighted by Crippen LogP contribution is 2.35. The molecule has 9 heteroatoms. The molecule has 2 aromatic carbocycles. The molecule has 0 aliphatic carbocycles. The Labute approximate surface area is 176 Å². The van der Waals surface area contributed by atoms with Crippen molar-refractivity contribution >= 4 is 33.3 Å². The van der Waals surface area contributed by atoms with Crippen LogP contribution in [0, 0.1) is 0 Å². The number of aromatic nitrogens is 1. The molecular weight excluding hydrogens is 431 g/mol. The van der Waals surface area contributed by atoms with Gasteiger partial charge >= 0.3 is 12.1 Å². The van der Waals surface area contributed by atoms with E-state index in [1.54, 1.807) is 30.3 Å². The molecule has 2 aromatic heterocycles. The molecule has 0 saturated heterocycles. The van der Waals surface area contributed by atoms with Crippen molar-refractivity contribution in [3.63, 3.8) is 0 Å². The third-order valence-electron chi connectivity index (χ3n) is 4.63. The van der Waals surface area contributed by atoms with E-state index in [1.165, 1.54) is 22.8 Å². The molecule has 5 nitrogen and oxygen atoms in total. The minimum Gasteiger partial charge on any atom is -0.477 e. The van der Waals surface area contributed by atoms with Crippen LogP contribution in [0.1, 0.15) is 31.2 Å². The Bertz CT molecular complexity index is 1390. The van der Waals surface area contributed by atoms with Crippen molar-refractivity contribution < 1.29 is 27.9 Å². The molecule has 0 aliphatic heterocycles. The Balaban J connectivity index is 1.99. The maximum atomic E-state index is 13.1. The fourth-order valence-corrected chi connectivity index (χ4v) is 4.41. The van der Waals surface area contributed by atoms with Crippen molar-refractivity contribution in [3.05, 3.63) is 98.7 Å². The number of nitrogens with zero attached hydrogens (tertiary/aromatic N) is 1. The zero-order chi connectivity index (χ0) is 22.3. The van der Waals surface area contributed by atoms with E-state index in [0.717, 1.165) is 23.5 Å². The van der Waals surface area contributed by atoms with Gasteiger partial charge in [-0.2, -0.15) is 13.2 Å². The number of carboxylic acid groups (broad SMARTS) is 1. The Morgan fingerprint density at radius 3 is 2.29 bits per heavy atom. The molecule has 0 atom stereocenters. The molecule has 0 spiro atoms. The highest BCUT2D eigenvalue weighted by molar-refractivity contribution is 7.21. The van der Waals surface area contributed by atoms with Gasteiger partial charge in [-0.15, -0.1) is 11.3 Å². The van der Waals surface area contributed by atoms with Crippen LogP contribution in [0.25, 0.3) is 15.9 Å². The van der Waals surface area contributed by atoms with E-state index in [9.17, 15) is 32.7 Å². The molecule has 0 saturated carbocycles. The van der Waals surface area contributed by atoms with Crippen LogP contribution in [0.5, 0.6) is 0 Å². The van der Waals surface area contributed by atoms with Gasteiger partial charge in [0.25, 0.3) is 5.56 Å². The van der Waals surface area contributed by atoms with Crippen molar-refractivity contribution in [2.24, 2.45) is 0 Å². The number of rotatable bonds is 4. The van der Waals surface area contributed by atoms with Gasteiger partial charge in [0.05, 0.1) is 16.8 Å². The average molecular weight is 443 g/mol. The van der Waals surface area contributed by atoms with Crippen LogP contribution >= 0.6 is 11.3 Å². The summed E-state index contributed by atoms with van der Waals surface area (Å²) in [6, 6.07) is 14.7. The topological polar surface area (TPSA) is 76.4 Å². The van der Waals surface area contributed by atoms with E-state index in [1.807, 2.05) is 0 Å². The van der Waals surface area contributed by atoms with Crippen molar-refractivity contribution in [1.82, 2.24) is 4.57 Å². The molecule has 0 fully saturated rings. The van der Waals surface area contributed by atoms with Crippen LogP contribution in [-0.4, -0.2) is 21.4 Å². The third-order valence-corrected chi connectivity index (χ3v) is 5.81. The summed E-state index contributed by atoms with van der Waals surface area (Å²) >= 11 is 0.721. The van der Waals surface area contributed by atoms with Crippen LogP contribution in [0.3, 0.4) is 0 Å². The van der Waals surface area contributed by atoms with Gasteiger partial charge < -0.3 is 5.11 Å². The first-order valence-corrected chi connectivity index (χ1v) is 9.69. The van der Waals surface area contributed by atoms with E-state index in [2.05, 4.69) is 0 Å². The molecule has 31 heavy (non-hydrogen) atoms. The summed E-state index contributed by atoms with van der Waals surface area (Å²) in [6.07, 6.45) is -4.66. The number of hydrogen-bond acceptors (Lipinski definition) is 4. The fourth-order valence-electron chi connectivity index (χ4n) is 3.26. The van der Waals surface area contributed by atoms with E-state index in [0.29, 0.717) is 11.8 Å². The van der Waals surface area contributed by atoms with Crippen molar-refractivity contribution in [3.8, 4) is 5.69 Å². The number of fused-ring (bicyclic) bond motifs is 1. The van der Waals surface area contributed by atoms with Gasteiger partial charge in [-0.3, -0.25) is 14.2 Å². The molecule has 0 bridgehead atoms. The predicted molar refractivity (Wildman–Crippen MR) is 109 cm³/mol. The Hall–Kier alpha value is -3.72. The Kier molecular flexibility index (Phi) is 4.98. The molecule has 0 radical (unpaired) electrons. The number of ketones is 1. The third kappa shape index (κ3) is 3.64. The monoisotopic (exact) mass is 443 g/mol. The number of benzene rings is 2. The number of halogens is 3. The summed E-state index contributed by atoms with van der Waals surface area (Å²) in [7, 11) is 0. The number of alkyl halides is 3. The van der Waals surface area contributed by atoms with Crippen molar-refractivity contribution in [2.45, 2.75) is 6.18 Å². The second kappa shape index (κ2) is 7.51. The lowest BCUT2D eigenvalue weighted by molar-refractivity contribution is -0.137. The minimum absolute atomic E-state index is 0.174. The molecule has 0 unspecified atom stereocenters. The predicted octanol–water partition coefficient (Wildman–Crippen LogP) is 5.00. The maximum absolute atomic E-state index is 13.1. The van der Waals surface area contributed by atoms with E-state index in [-0.39, 0.29) is 26.2 Å². The van der Waals surface area contributed by atoms with Gasteiger partial charge in [-0.05, 0) is 30.3 Å². The summed E-state index contributed by atoms with van der Waals surface area (Å²) in [5, 5.41) is 9.84. The lowest BCUT2D eigenvalue weighted by Gasteiger charge is -2.09. The smallest absolute Gasteiger partial charge is 0.416 e. The van der Waals surface area contributed by atoms with Crippen LogP contribution < -0.4 is 5.56 Å². The minimum atomic E-state index is -4.66. The van der Waals surface area contributed by atoms with Crippen LogP contribution in [0.15, 0.2) is 71.5 Å². The highest BCUT2D eigenvalue weighted by atomic mass is 32.1. The first kappa shape index (κ1) is 20.5. The highest BCUT2D eigenvalue weighted by Gasteiger charge is 2.32. The van der Waals surface area contributed by atoms with Gasteiger partial charge in [0.2, 0.25) is 0 Å². The SMILES string of the molecule is O=C(O)c1sc2c(ccc(=O)n2-c2ccccc2)c1C(=O)c1cccc(C(F)(F)F)c1. The fraction of sp³-hybridized carbons (Fsp3) is 0.0455. The molecule has 4 rings (SSSR count).